The maximum atomic E-state index is 12.4. The first kappa shape index (κ1) is 25.4. The molecule has 0 saturated carbocycles. The smallest absolute Gasteiger partial charge is 0.341 e. The van der Waals surface area contributed by atoms with E-state index in [-0.39, 0.29) is 5.91 Å². The Morgan fingerprint density at radius 1 is 1.07 bits per heavy atom. The van der Waals surface area contributed by atoms with Gasteiger partial charge in [0, 0.05) is 20.6 Å². The number of unbranched alkanes of at least 4 members (excludes halogenated alkanes) is 7. The lowest BCUT2D eigenvalue weighted by molar-refractivity contribution is 0.0601. The Bertz CT molecular complexity index is 687. The number of anilines is 1. The van der Waals surface area contributed by atoms with E-state index in [0.717, 1.165) is 13.0 Å². The van der Waals surface area contributed by atoms with Crippen molar-refractivity contribution in [1.29, 1.82) is 0 Å². The van der Waals surface area contributed by atoms with E-state index in [1.165, 1.54) is 68.3 Å². The summed E-state index contributed by atoms with van der Waals surface area (Å²) in [7, 11) is 4.69. The van der Waals surface area contributed by atoms with E-state index >= 15 is 0 Å². The number of hydrogen-bond acceptors (Lipinski definition) is 5. The van der Waals surface area contributed by atoms with Crippen molar-refractivity contribution in [1.82, 2.24) is 10.2 Å². The molecular formula is C21H35N3O3S2. The molecule has 0 saturated heterocycles. The Hall–Kier alpha value is -1.67. The summed E-state index contributed by atoms with van der Waals surface area (Å²) in [6, 6.07) is 0. The van der Waals surface area contributed by atoms with Gasteiger partial charge in [-0.2, -0.15) is 0 Å². The largest absolute Gasteiger partial charge is 0.465 e. The zero-order valence-corrected chi connectivity index (χ0v) is 20.0. The van der Waals surface area contributed by atoms with Gasteiger partial charge in [-0.3, -0.25) is 4.79 Å². The number of carbonyl (C=O) groups excluding carboxylic acids is 2. The standard InChI is InChI=1S/C21H35N3O3S2/c1-6-7-8-9-10-11-12-13-14-22-21(28)23-18-16(20(26)27-5)15(2)17(29-18)19(25)24(3)4/h6-14H2,1-5H3,(H2,22,23,28). The molecule has 2 N–H and O–H groups in total. The second-order valence-corrected chi connectivity index (χ2v) is 8.74. The Morgan fingerprint density at radius 2 is 1.66 bits per heavy atom. The molecule has 0 aliphatic heterocycles. The van der Waals surface area contributed by atoms with Crippen molar-refractivity contribution in [3.05, 3.63) is 16.0 Å². The van der Waals surface area contributed by atoms with Gasteiger partial charge in [-0.15, -0.1) is 11.3 Å². The van der Waals surface area contributed by atoms with Gasteiger partial charge in [0.25, 0.3) is 5.91 Å². The molecule has 0 unspecified atom stereocenters. The van der Waals surface area contributed by atoms with Crippen LogP contribution in [0.15, 0.2) is 0 Å². The maximum absolute atomic E-state index is 12.4. The van der Waals surface area contributed by atoms with E-state index in [1.807, 2.05) is 0 Å². The molecule has 1 aromatic heterocycles. The third-order valence-electron chi connectivity index (χ3n) is 4.68. The molecule has 1 rings (SSSR count). The van der Waals surface area contributed by atoms with Crippen LogP contribution in [-0.4, -0.2) is 49.6 Å². The zero-order chi connectivity index (χ0) is 21.8. The van der Waals surface area contributed by atoms with E-state index in [4.69, 9.17) is 17.0 Å². The number of carbonyl (C=O) groups is 2. The molecule has 6 nitrogen and oxygen atoms in total. The van der Waals surface area contributed by atoms with Crippen molar-refractivity contribution < 1.29 is 14.3 Å². The van der Waals surface area contributed by atoms with Crippen LogP contribution in [0.1, 0.15) is 83.9 Å². The van der Waals surface area contributed by atoms with Crippen LogP contribution in [0.25, 0.3) is 0 Å². The predicted octanol–water partition coefficient (Wildman–Crippen LogP) is 4.97. The van der Waals surface area contributed by atoms with E-state index in [1.54, 1.807) is 21.0 Å². The van der Waals surface area contributed by atoms with Gasteiger partial charge in [-0.25, -0.2) is 4.79 Å². The third-order valence-corrected chi connectivity index (χ3v) is 6.12. The highest BCUT2D eigenvalue weighted by Gasteiger charge is 2.26. The highest BCUT2D eigenvalue weighted by atomic mass is 32.1. The van der Waals surface area contributed by atoms with Crippen LogP contribution in [0.2, 0.25) is 0 Å². The summed E-state index contributed by atoms with van der Waals surface area (Å²) >= 11 is 6.59. The van der Waals surface area contributed by atoms with Crippen LogP contribution < -0.4 is 10.6 Å². The number of thiocarbonyl (C=S) groups is 1. The van der Waals surface area contributed by atoms with Crippen LogP contribution in [0.3, 0.4) is 0 Å². The van der Waals surface area contributed by atoms with Crippen LogP contribution in [0.4, 0.5) is 5.00 Å². The minimum Gasteiger partial charge on any atom is -0.465 e. The first-order valence-electron chi connectivity index (χ1n) is 10.3. The summed E-state index contributed by atoms with van der Waals surface area (Å²) in [5.41, 5.74) is 0.966. The van der Waals surface area contributed by atoms with E-state index < -0.39 is 5.97 Å². The molecule has 0 fully saturated rings. The van der Waals surface area contributed by atoms with Crippen molar-refractivity contribution in [2.75, 3.05) is 33.1 Å². The van der Waals surface area contributed by atoms with E-state index in [2.05, 4.69) is 17.6 Å². The average molecular weight is 442 g/mol. The quantitative estimate of drug-likeness (QED) is 0.271. The summed E-state index contributed by atoms with van der Waals surface area (Å²) in [5.74, 6) is -0.631. The summed E-state index contributed by atoms with van der Waals surface area (Å²) in [6.45, 7) is 4.76. The lowest BCUT2D eigenvalue weighted by Crippen LogP contribution is -2.29. The highest BCUT2D eigenvalue weighted by Crippen LogP contribution is 2.34. The fourth-order valence-electron chi connectivity index (χ4n) is 2.96. The lowest BCUT2D eigenvalue weighted by Gasteiger charge is -2.10. The lowest BCUT2D eigenvalue weighted by atomic mass is 10.1. The molecule has 0 spiro atoms. The molecule has 0 bridgehead atoms. The second-order valence-electron chi connectivity index (χ2n) is 7.31. The van der Waals surface area contributed by atoms with Gasteiger partial charge in [0.15, 0.2) is 5.11 Å². The van der Waals surface area contributed by atoms with Gasteiger partial charge < -0.3 is 20.3 Å². The zero-order valence-electron chi connectivity index (χ0n) is 18.4. The summed E-state index contributed by atoms with van der Waals surface area (Å²) in [5, 5.41) is 7.24. The average Bonchev–Trinajstić information content (AvgIpc) is 3.01. The number of amides is 1. The third kappa shape index (κ3) is 8.30. The Kier molecular flexibility index (Phi) is 11.8. The van der Waals surface area contributed by atoms with E-state index in [0.29, 0.717) is 26.1 Å². The molecule has 0 aromatic carbocycles. The highest BCUT2D eigenvalue weighted by molar-refractivity contribution is 7.80. The molecule has 164 valence electrons. The molecule has 8 heteroatoms. The Balaban J connectivity index is 2.57. The van der Waals surface area contributed by atoms with Gasteiger partial charge in [-0.05, 0) is 31.1 Å². The molecule has 29 heavy (non-hydrogen) atoms. The monoisotopic (exact) mass is 441 g/mol. The minimum absolute atomic E-state index is 0.150. The number of rotatable bonds is 12. The van der Waals surface area contributed by atoms with Gasteiger partial charge in [-0.1, -0.05) is 51.9 Å². The van der Waals surface area contributed by atoms with Crippen molar-refractivity contribution in [2.24, 2.45) is 0 Å². The molecule has 0 aliphatic carbocycles. The van der Waals surface area contributed by atoms with E-state index in [9.17, 15) is 9.59 Å². The van der Waals surface area contributed by atoms with Gasteiger partial charge >= 0.3 is 5.97 Å². The van der Waals surface area contributed by atoms with Gasteiger partial charge in [0.1, 0.15) is 5.00 Å². The first-order chi connectivity index (χ1) is 13.8. The summed E-state index contributed by atoms with van der Waals surface area (Å²) in [6.07, 6.45) is 10.0. The number of nitrogens with one attached hydrogen (secondary N) is 2. The molecule has 1 aromatic rings. The number of nitrogens with zero attached hydrogens (tertiary/aromatic N) is 1. The second kappa shape index (κ2) is 13.5. The molecule has 1 heterocycles. The fraction of sp³-hybridized carbons (Fsp3) is 0.667. The van der Waals surface area contributed by atoms with Crippen LogP contribution in [-0.2, 0) is 4.74 Å². The summed E-state index contributed by atoms with van der Waals surface area (Å²) in [4.78, 5) is 26.6. The topological polar surface area (TPSA) is 70.7 Å². The number of methoxy groups -OCH3 is 1. The van der Waals surface area contributed by atoms with Crippen molar-refractivity contribution in [2.45, 2.75) is 65.2 Å². The SMILES string of the molecule is CCCCCCCCCCNC(=S)Nc1sc(C(=O)N(C)C)c(C)c1C(=O)OC. The summed E-state index contributed by atoms with van der Waals surface area (Å²) < 4.78 is 4.89. The van der Waals surface area contributed by atoms with Crippen molar-refractivity contribution in [3.63, 3.8) is 0 Å². The molecular weight excluding hydrogens is 406 g/mol. The molecule has 0 radical (unpaired) electrons. The number of thiophene rings is 1. The maximum Gasteiger partial charge on any atom is 0.341 e. The number of hydrogen-bond donors (Lipinski definition) is 2. The van der Waals surface area contributed by atoms with Crippen molar-refractivity contribution >= 4 is 45.5 Å². The minimum atomic E-state index is -0.482. The Morgan fingerprint density at radius 3 is 2.21 bits per heavy atom. The fourth-order valence-corrected chi connectivity index (χ4v) is 4.45. The molecule has 0 aliphatic rings. The first-order valence-corrected chi connectivity index (χ1v) is 11.5. The molecule has 0 atom stereocenters. The normalized spacial score (nSPS) is 10.5. The van der Waals surface area contributed by atoms with Crippen LogP contribution in [0, 0.1) is 6.92 Å². The van der Waals surface area contributed by atoms with Crippen molar-refractivity contribution in [3.8, 4) is 0 Å². The number of esters is 1. The van der Waals surface area contributed by atoms with Gasteiger partial charge in [0.2, 0.25) is 0 Å². The predicted molar refractivity (Wildman–Crippen MR) is 125 cm³/mol. The number of ether oxygens (including phenoxy) is 1. The van der Waals surface area contributed by atoms with Crippen LogP contribution >= 0.6 is 23.6 Å². The molecule has 1 amide bonds. The Labute approximate surface area is 184 Å². The van der Waals surface area contributed by atoms with Gasteiger partial charge in [0.05, 0.1) is 17.6 Å². The van der Waals surface area contributed by atoms with Crippen LogP contribution in [0.5, 0.6) is 0 Å².